The summed E-state index contributed by atoms with van der Waals surface area (Å²) in [4.78, 5) is 2.51. The van der Waals surface area contributed by atoms with Crippen LogP contribution in [0.2, 0.25) is 0 Å². The topological polar surface area (TPSA) is 38.5 Å². The van der Waals surface area contributed by atoms with Gasteiger partial charge in [-0.25, -0.2) is 0 Å². The molecule has 1 aliphatic rings. The van der Waals surface area contributed by atoms with Crippen LogP contribution < -0.4 is 5.73 Å². The Bertz CT molecular complexity index is 373. The fourth-order valence-electron chi connectivity index (χ4n) is 2.44. The van der Waals surface area contributed by atoms with Gasteiger partial charge in [0.2, 0.25) is 0 Å². The Balaban J connectivity index is 1.97. The highest BCUT2D eigenvalue weighted by Gasteiger charge is 2.20. The monoisotopic (exact) mass is 248 g/mol. The smallest absolute Gasteiger partial charge is 0.0507 e. The van der Waals surface area contributed by atoms with Crippen LogP contribution in [0.15, 0.2) is 24.3 Å². The zero-order valence-corrected chi connectivity index (χ0v) is 11.4. The number of nitrogen functional groups attached to an aromatic ring is 1. The predicted octanol–water partition coefficient (Wildman–Crippen LogP) is 2.52. The number of nitrogens with zero attached hydrogens (tertiary/aromatic N) is 1. The van der Waals surface area contributed by atoms with Crippen LogP contribution in [0.25, 0.3) is 0 Å². The minimum Gasteiger partial charge on any atom is -0.399 e. The first kappa shape index (κ1) is 13.4. The van der Waals surface area contributed by atoms with Gasteiger partial charge in [0.05, 0.1) is 6.61 Å². The van der Waals surface area contributed by atoms with Gasteiger partial charge in [0.15, 0.2) is 0 Å². The Morgan fingerprint density at radius 2 is 2.28 bits per heavy atom. The van der Waals surface area contributed by atoms with Crippen molar-refractivity contribution in [3.63, 3.8) is 0 Å². The third-order valence-electron chi connectivity index (χ3n) is 3.58. The van der Waals surface area contributed by atoms with Gasteiger partial charge in [-0.05, 0) is 43.9 Å². The van der Waals surface area contributed by atoms with Gasteiger partial charge < -0.3 is 10.5 Å². The molecule has 0 spiro atoms. The molecule has 1 fully saturated rings. The number of hydrogen-bond donors (Lipinski definition) is 1. The maximum absolute atomic E-state index is 5.84. The van der Waals surface area contributed by atoms with E-state index in [0.717, 1.165) is 32.0 Å². The summed E-state index contributed by atoms with van der Waals surface area (Å²) in [5, 5.41) is 0. The lowest BCUT2D eigenvalue weighted by Crippen LogP contribution is -2.35. The summed E-state index contributed by atoms with van der Waals surface area (Å²) in [5.74, 6) is 0.688. The molecule has 1 aromatic carbocycles. The Morgan fingerprint density at radius 3 is 2.89 bits per heavy atom. The highest BCUT2D eigenvalue weighted by Crippen LogP contribution is 2.18. The molecule has 1 atom stereocenters. The van der Waals surface area contributed by atoms with Crippen molar-refractivity contribution in [2.24, 2.45) is 5.92 Å². The van der Waals surface area contributed by atoms with Gasteiger partial charge in [-0.2, -0.15) is 0 Å². The van der Waals surface area contributed by atoms with Gasteiger partial charge in [-0.3, -0.25) is 4.90 Å². The maximum Gasteiger partial charge on any atom is 0.0507 e. The van der Waals surface area contributed by atoms with Crippen LogP contribution in [0.1, 0.15) is 25.8 Å². The molecule has 0 aromatic heterocycles. The van der Waals surface area contributed by atoms with E-state index >= 15 is 0 Å². The second-order valence-corrected chi connectivity index (χ2v) is 5.50. The molecule has 0 radical (unpaired) electrons. The third kappa shape index (κ3) is 3.72. The molecular formula is C15H24N2O. The average molecular weight is 248 g/mol. The van der Waals surface area contributed by atoms with E-state index in [0.29, 0.717) is 12.0 Å². The number of nitrogens with two attached hydrogens (primary N) is 1. The minimum absolute atomic E-state index is 0.548. The van der Waals surface area contributed by atoms with Crippen molar-refractivity contribution in [3.8, 4) is 0 Å². The maximum atomic E-state index is 5.84. The third-order valence-corrected chi connectivity index (χ3v) is 3.58. The van der Waals surface area contributed by atoms with Crippen molar-refractivity contribution in [2.75, 3.05) is 25.5 Å². The van der Waals surface area contributed by atoms with Crippen molar-refractivity contribution >= 4 is 5.69 Å². The number of rotatable bonds is 5. The molecule has 2 N–H and O–H groups in total. The molecule has 1 aromatic rings. The van der Waals surface area contributed by atoms with Crippen molar-refractivity contribution in [2.45, 2.75) is 32.9 Å². The highest BCUT2D eigenvalue weighted by molar-refractivity contribution is 5.40. The van der Waals surface area contributed by atoms with E-state index in [1.54, 1.807) is 0 Å². The van der Waals surface area contributed by atoms with Crippen molar-refractivity contribution in [1.82, 2.24) is 4.90 Å². The van der Waals surface area contributed by atoms with E-state index in [1.807, 2.05) is 12.1 Å². The molecule has 3 heteroatoms. The van der Waals surface area contributed by atoms with Crippen LogP contribution in [0, 0.1) is 5.92 Å². The van der Waals surface area contributed by atoms with Gasteiger partial charge in [0, 0.05) is 31.4 Å². The number of hydrogen-bond acceptors (Lipinski definition) is 3. The lowest BCUT2D eigenvalue weighted by molar-refractivity contribution is 0.148. The van der Waals surface area contributed by atoms with E-state index in [1.165, 1.54) is 12.0 Å². The van der Waals surface area contributed by atoms with Crippen LogP contribution in [0.5, 0.6) is 0 Å². The summed E-state index contributed by atoms with van der Waals surface area (Å²) in [6, 6.07) is 8.74. The molecule has 1 aliphatic heterocycles. The summed E-state index contributed by atoms with van der Waals surface area (Å²) in [7, 11) is 0. The molecular weight excluding hydrogens is 224 g/mol. The van der Waals surface area contributed by atoms with Crippen LogP contribution in [0.4, 0.5) is 5.69 Å². The molecule has 0 saturated carbocycles. The standard InChI is InChI=1S/C15H24N2O/c1-12(2)17(10-14-6-7-18-11-14)9-13-4-3-5-15(16)8-13/h3-5,8,12,14H,6-7,9-11,16H2,1-2H3. The highest BCUT2D eigenvalue weighted by atomic mass is 16.5. The summed E-state index contributed by atoms with van der Waals surface area (Å²) in [6.45, 7) is 8.44. The van der Waals surface area contributed by atoms with Crippen molar-refractivity contribution in [3.05, 3.63) is 29.8 Å². The molecule has 100 valence electrons. The van der Waals surface area contributed by atoms with Crippen LogP contribution >= 0.6 is 0 Å². The normalized spacial score (nSPS) is 19.9. The second kappa shape index (κ2) is 6.21. The lowest BCUT2D eigenvalue weighted by Gasteiger charge is -2.29. The largest absolute Gasteiger partial charge is 0.399 e. The predicted molar refractivity (Wildman–Crippen MR) is 75.3 cm³/mol. The molecule has 3 nitrogen and oxygen atoms in total. The van der Waals surface area contributed by atoms with Gasteiger partial charge in [-0.1, -0.05) is 12.1 Å². The second-order valence-electron chi connectivity index (χ2n) is 5.50. The van der Waals surface area contributed by atoms with Gasteiger partial charge >= 0.3 is 0 Å². The fourth-order valence-corrected chi connectivity index (χ4v) is 2.44. The molecule has 2 rings (SSSR count). The first-order valence-electron chi connectivity index (χ1n) is 6.81. The first-order valence-corrected chi connectivity index (χ1v) is 6.81. The molecule has 1 unspecified atom stereocenters. The average Bonchev–Trinajstić information content (AvgIpc) is 2.81. The zero-order chi connectivity index (χ0) is 13.0. The Labute approximate surface area is 110 Å². The van der Waals surface area contributed by atoms with E-state index in [2.05, 4.69) is 30.9 Å². The molecule has 1 heterocycles. The fraction of sp³-hybridized carbons (Fsp3) is 0.600. The van der Waals surface area contributed by atoms with Gasteiger partial charge in [0.25, 0.3) is 0 Å². The lowest BCUT2D eigenvalue weighted by atomic mass is 10.1. The first-order chi connectivity index (χ1) is 8.65. The SMILES string of the molecule is CC(C)N(Cc1cccc(N)c1)CC1CCOC1. The van der Waals surface area contributed by atoms with Crippen molar-refractivity contribution < 1.29 is 4.74 Å². The summed E-state index contributed by atoms with van der Waals surface area (Å²) in [6.07, 6.45) is 1.19. The van der Waals surface area contributed by atoms with Gasteiger partial charge in [-0.15, -0.1) is 0 Å². The molecule has 0 bridgehead atoms. The van der Waals surface area contributed by atoms with Crippen molar-refractivity contribution in [1.29, 1.82) is 0 Å². The number of ether oxygens (including phenoxy) is 1. The van der Waals surface area contributed by atoms with Gasteiger partial charge in [0.1, 0.15) is 0 Å². The Hall–Kier alpha value is -1.06. The Kier molecular flexibility index (Phi) is 4.61. The Morgan fingerprint density at radius 1 is 1.44 bits per heavy atom. The quantitative estimate of drug-likeness (QED) is 0.814. The molecule has 0 amide bonds. The number of benzene rings is 1. The summed E-state index contributed by atoms with van der Waals surface area (Å²) in [5.41, 5.74) is 7.98. The minimum atomic E-state index is 0.548. The van der Waals surface area contributed by atoms with Crippen LogP contribution in [-0.2, 0) is 11.3 Å². The van der Waals surface area contributed by atoms with Crippen LogP contribution in [-0.4, -0.2) is 30.7 Å². The van der Waals surface area contributed by atoms with Crippen LogP contribution in [0.3, 0.4) is 0 Å². The summed E-state index contributed by atoms with van der Waals surface area (Å²) < 4.78 is 5.46. The molecule has 1 saturated heterocycles. The van der Waals surface area contributed by atoms with E-state index in [9.17, 15) is 0 Å². The summed E-state index contributed by atoms with van der Waals surface area (Å²) >= 11 is 0. The van der Waals surface area contributed by atoms with E-state index in [4.69, 9.17) is 10.5 Å². The number of anilines is 1. The molecule has 0 aliphatic carbocycles. The van der Waals surface area contributed by atoms with E-state index in [-0.39, 0.29) is 0 Å². The molecule has 18 heavy (non-hydrogen) atoms. The zero-order valence-electron chi connectivity index (χ0n) is 11.4. The van der Waals surface area contributed by atoms with E-state index < -0.39 is 0 Å².